The van der Waals surface area contributed by atoms with E-state index in [0.29, 0.717) is 24.2 Å². The minimum atomic E-state index is -2.44. The quantitative estimate of drug-likeness (QED) is 0.116. The summed E-state index contributed by atoms with van der Waals surface area (Å²) < 4.78 is 19.3. The molecule has 1 heterocycles. The number of benzene rings is 2. The Morgan fingerprint density at radius 1 is 0.860 bits per heavy atom. The molecule has 0 amide bonds. The summed E-state index contributed by atoms with van der Waals surface area (Å²) in [4.78, 5) is 12.2. The highest BCUT2D eigenvalue weighted by molar-refractivity contribution is 6.99. The van der Waals surface area contributed by atoms with Gasteiger partial charge >= 0.3 is 5.97 Å². The maximum atomic E-state index is 12.2. The highest BCUT2D eigenvalue weighted by Crippen LogP contribution is 2.39. The third-order valence-corrected chi connectivity index (χ3v) is 15.1. The summed E-state index contributed by atoms with van der Waals surface area (Å²) in [7, 11) is -2.44. The SMILES string of the molecule is CC(C)[C@@H]1CC[C@@H](C)C[C@H]1O[C@@H]1OC(=O)C[C@H]1CCCCCCCCO[Si](c1ccccc1)(c1ccccc1)C(C)(C)C. The van der Waals surface area contributed by atoms with E-state index in [1.54, 1.807) is 0 Å². The van der Waals surface area contributed by atoms with Gasteiger partial charge in [-0.05, 0) is 58.8 Å². The summed E-state index contributed by atoms with van der Waals surface area (Å²) in [6, 6.07) is 21.9. The predicted molar refractivity (Wildman–Crippen MR) is 180 cm³/mol. The van der Waals surface area contributed by atoms with Crippen molar-refractivity contribution < 1.29 is 18.7 Å². The van der Waals surface area contributed by atoms with Crippen molar-refractivity contribution in [3.05, 3.63) is 60.7 Å². The molecule has 0 spiro atoms. The van der Waals surface area contributed by atoms with Crippen LogP contribution in [0.2, 0.25) is 5.04 Å². The van der Waals surface area contributed by atoms with Crippen LogP contribution in [-0.2, 0) is 18.7 Å². The summed E-state index contributed by atoms with van der Waals surface area (Å²) in [5.41, 5.74) is 0. The number of unbranched alkanes of at least 4 members (excludes halogenated alkanes) is 5. The van der Waals surface area contributed by atoms with Crippen LogP contribution in [0.4, 0.5) is 0 Å². The zero-order valence-electron chi connectivity index (χ0n) is 27.9. The number of carbonyl (C=O) groups is 1. The van der Waals surface area contributed by atoms with Crippen molar-refractivity contribution in [2.24, 2.45) is 23.7 Å². The van der Waals surface area contributed by atoms with Crippen LogP contribution >= 0.6 is 0 Å². The number of ether oxygens (including phenoxy) is 2. The van der Waals surface area contributed by atoms with Gasteiger partial charge in [-0.2, -0.15) is 0 Å². The molecule has 238 valence electrons. The molecule has 5 heteroatoms. The second-order valence-corrected chi connectivity index (χ2v) is 19.1. The summed E-state index contributed by atoms with van der Waals surface area (Å²) >= 11 is 0. The second-order valence-electron chi connectivity index (χ2n) is 14.7. The number of hydrogen-bond acceptors (Lipinski definition) is 4. The number of hydrogen-bond donors (Lipinski definition) is 0. The van der Waals surface area contributed by atoms with Crippen molar-refractivity contribution in [2.45, 2.75) is 130 Å². The molecule has 0 bridgehead atoms. The topological polar surface area (TPSA) is 44.8 Å². The maximum absolute atomic E-state index is 12.2. The van der Waals surface area contributed by atoms with E-state index in [0.717, 1.165) is 32.3 Å². The van der Waals surface area contributed by atoms with Crippen LogP contribution in [0.1, 0.15) is 112 Å². The van der Waals surface area contributed by atoms with Crippen LogP contribution < -0.4 is 10.4 Å². The zero-order chi connectivity index (χ0) is 30.9. The van der Waals surface area contributed by atoms with Gasteiger partial charge in [0.25, 0.3) is 8.32 Å². The van der Waals surface area contributed by atoms with Crippen LogP contribution in [0.25, 0.3) is 0 Å². The average molecular weight is 607 g/mol. The maximum Gasteiger partial charge on any atom is 0.308 e. The Labute approximate surface area is 263 Å². The first-order valence-corrected chi connectivity index (χ1v) is 19.1. The van der Waals surface area contributed by atoms with E-state index < -0.39 is 8.32 Å². The first-order valence-electron chi connectivity index (χ1n) is 17.2. The van der Waals surface area contributed by atoms with Crippen molar-refractivity contribution in [3.63, 3.8) is 0 Å². The Morgan fingerprint density at radius 3 is 2.02 bits per heavy atom. The van der Waals surface area contributed by atoms with Crippen molar-refractivity contribution in [2.75, 3.05) is 6.61 Å². The van der Waals surface area contributed by atoms with Gasteiger partial charge in [0.1, 0.15) is 0 Å². The average Bonchev–Trinajstić information content (AvgIpc) is 3.32. The minimum absolute atomic E-state index is 0.0214. The monoisotopic (exact) mass is 606 g/mol. The van der Waals surface area contributed by atoms with Gasteiger partial charge in [-0.1, -0.05) is 141 Å². The van der Waals surface area contributed by atoms with E-state index >= 15 is 0 Å². The van der Waals surface area contributed by atoms with Gasteiger partial charge in [0, 0.05) is 12.5 Å². The van der Waals surface area contributed by atoms with Crippen LogP contribution in [-0.4, -0.2) is 33.3 Å². The highest BCUT2D eigenvalue weighted by Gasteiger charge is 2.50. The van der Waals surface area contributed by atoms with Gasteiger partial charge in [0.15, 0.2) is 0 Å². The lowest BCUT2D eigenvalue weighted by atomic mass is 9.75. The van der Waals surface area contributed by atoms with Crippen LogP contribution in [0, 0.1) is 23.7 Å². The fourth-order valence-corrected chi connectivity index (χ4v) is 12.2. The lowest BCUT2D eigenvalue weighted by Crippen LogP contribution is -2.66. The third-order valence-electron chi connectivity index (χ3n) is 10.0. The zero-order valence-corrected chi connectivity index (χ0v) is 28.9. The van der Waals surface area contributed by atoms with E-state index in [-0.39, 0.29) is 29.3 Å². The molecule has 1 aliphatic heterocycles. The first-order chi connectivity index (χ1) is 20.6. The molecule has 0 radical (unpaired) electrons. The smallest absolute Gasteiger partial charge is 0.308 e. The summed E-state index contributed by atoms with van der Waals surface area (Å²) in [6.07, 6.45) is 12.0. The fourth-order valence-electron chi connectivity index (χ4n) is 7.61. The summed E-state index contributed by atoms with van der Waals surface area (Å²) in [6.45, 7) is 14.8. The second kappa shape index (κ2) is 15.9. The summed E-state index contributed by atoms with van der Waals surface area (Å²) in [5, 5.41) is 2.72. The third kappa shape index (κ3) is 8.83. The van der Waals surface area contributed by atoms with E-state index in [2.05, 4.69) is 102 Å². The van der Waals surface area contributed by atoms with Crippen molar-refractivity contribution in [3.8, 4) is 0 Å². The molecule has 1 saturated carbocycles. The molecule has 5 atom stereocenters. The van der Waals surface area contributed by atoms with Crippen molar-refractivity contribution in [1.82, 2.24) is 0 Å². The molecule has 2 aliphatic rings. The van der Waals surface area contributed by atoms with Gasteiger partial charge in [0.05, 0.1) is 12.5 Å². The molecule has 43 heavy (non-hydrogen) atoms. The van der Waals surface area contributed by atoms with E-state index in [1.807, 2.05) is 0 Å². The first kappa shape index (κ1) is 33.9. The minimum Gasteiger partial charge on any atom is -0.435 e. The fraction of sp³-hybridized carbons (Fsp3) is 0.658. The summed E-state index contributed by atoms with van der Waals surface area (Å²) in [5.74, 6) is 1.97. The largest absolute Gasteiger partial charge is 0.435 e. The Morgan fingerprint density at radius 2 is 1.44 bits per heavy atom. The van der Waals surface area contributed by atoms with Crippen molar-refractivity contribution in [1.29, 1.82) is 0 Å². The van der Waals surface area contributed by atoms with Gasteiger partial charge in [-0.15, -0.1) is 0 Å². The van der Waals surface area contributed by atoms with Gasteiger partial charge in [-0.25, -0.2) is 0 Å². The lowest BCUT2D eigenvalue weighted by Gasteiger charge is -2.43. The van der Waals surface area contributed by atoms with E-state index in [9.17, 15) is 4.79 Å². The molecular weight excluding hydrogens is 549 g/mol. The Kier molecular flexibility index (Phi) is 12.5. The number of esters is 1. The van der Waals surface area contributed by atoms with Gasteiger partial charge in [0.2, 0.25) is 6.29 Å². The Balaban J connectivity index is 1.21. The standard InChI is InChI=1S/C38H58O4Si/c1-29(2)34-25-24-30(3)27-35(34)41-37-31(28-36(39)42-37)19-13-9-7-8-10-18-26-40-43(38(4,5)6,32-20-14-11-15-21-32)33-22-16-12-17-23-33/h11-12,14-17,20-23,29-31,34-35,37H,7-10,13,18-19,24-28H2,1-6H3/t30-,31-,34+,35-,37-/m1/s1. The molecule has 1 saturated heterocycles. The van der Waals surface area contributed by atoms with Gasteiger partial charge in [-0.3, -0.25) is 4.79 Å². The molecular formula is C38H58O4Si. The molecule has 2 aromatic rings. The molecule has 0 N–H and O–H groups in total. The van der Waals surface area contributed by atoms with E-state index in [1.165, 1.54) is 48.9 Å². The molecule has 4 nitrogen and oxygen atoms in total. The van der Waals surface area contributed by atoms with E-state index in [4.69, 9.17) is 13.9 Å². The lowest BCUT2D eigenvalue weighted by molar-refractivity contribution is -0.196. The Hall–Kier alpha value is -1.95. The highest BCUT2D eigenvalue weighted by atomic mass is 28.4. The number of rotatable bonds is 15. The number of carbonyl (C=O) groups excluding carboxylic acids is 1. The predicted octanol–water partition coefficient (Wildman–Crippen LogP) is 8.66. The van der Waals surface area contributed by atoms with Crippen LogP contribution in [0.3, 0.4) is 0 Å². The van der Waals surface area contributed by atoms with Crippen molar-refractivity contribution >= 4 is 24.7 Å². The molecule has 2 aromatic carbocycles. The molecule has 0 aromatic heterocycles. The molecule has 4 rings (SSSR count). The molecule has 0 unspecified atom stereocenters. The van der Waals surface area contributed by atoms with Crippen LogP contribution in [0.15, 0.2) is 60.7 Å². The molecule has 1 aliphatic carbocycles. The number of cyclic esters (lactones) is 1. The normalized spacial score (nSPS) is 24.8. The van der Waals surface area contributed by atoms with Crippen LogP contribution in [0.5, 0.6) is 0 Å². The van der Waals surface area contributed by atoms with Gasteiger partial charge < -0.3 is 13.9 Å². The Bertz CT molecular complexity index is 1060. The molecule has 2 fully saturated rings.